The molecule has 0 bridgehead atoms. The molecule has 4 rings (SSSR count). The Bertz CT molecular complexity index is 1250. The van der Waals surface area contributed by atoms with Gasteiger partial charge in [0.05, 0.1) is 13.2 Å². The van der Waals surface area contributed by atoms with Crippen LogP contribution in [0.4, 0.5) is 0 Å². The molecule has 210 valence electrons. The van der Waals surface area contributed by atoms with Gasteiger partial charge in [0.1, 0.15) is 23.0 Å². The molecular formula is C30H32O8P2. The topological polar surface area (TPSA) is 89.5 Å². The molecule has 0 fully saturated rings. The van der Waals surface area contributed by atoms with Crippen molar-refractivity contribution >= 4 is 15.6 Å². The highest BCUT2D eigenvalue weighted by molar-refractivity contribution is 7.49. The van der Waals surface area contributed by atoms with Gasteiger partial charge in [-0.2, -0.15) is 0 Å². The summed E-state index contributed by atoms with van der Waals surface area (Å²) in [7, 11) is -8.34. The maximum Gasteiger partial charge on any atom is 0.587 e. The summed E-state index contributed by atoms with van der Waals surface area (Å²) >= 11 is 0. The summed E-state index contributed by atoms with van der Waals surface area (Å²) < 4.78 is 61.1. The maximum atomic E-state index is 13.6. The average molecular weight is 583 g/mol. The zero-order chi connectivity index (χ0) is 28.6. The van der Waals surface area contributed by atoms with Gasteiger partial charge >= 0.3 is 15.6 Å². The molecule has 0 atom stereocenters. The van der Waals surface area contributed by atoms with E-state index in [9.17, 15) is 9.13 Å². The van der Waals surface area contributed by atoms with Gasteiger partial charge in [0.15, 0.2) is 0 Å². The van der Waals surface area contributed by atoms with Gasteiger partial charge in [0.2, 0.25) is 0 Å². The Hall–Kier alpha value is -3.54. The lowest BCUT2D eigenvalue weighted by atomic mass is 10.2. The third-order valence-electron chi connectivity index (χ3n) is 5.53. The number of hydrogen-bond acceptors (Lipinski definition) is 8. The standard InChI is InChI=1S/C30H32O8P2/c1-23-5-13-27(14-6-23)35-39(31,36-28-15-7-24(2)8-16-28)33-21-22-34-40(32,37-29-17-9-25(3)10-18-29)38-30-19-11-26(4)12-20-30/h5-20H,21-22H2,1-4H3. The Morgan fingerprint density at radius 3 is 0.800 bits per heavy atom. The highest BCUT2D eigenvalue weighted by atomic mass is 31.2. The first-order chi connectivity index (χ1) is 19.1. The van der Waals surface area contributed by atoms with E-state index >= 15 is 0 Å². The summed E-state index contributed by atoms with van der Waals surface area (Å²) in [4.78, 5) is 0. The van der Waals surface area contributed by atoms with Crippen LogP contribution in [0.15, 0.2) is 97.1 Å². The van der Waals surface area contributed by atoms with Gasteiger partial charge in [0, 0.05) is 0 Å². The monoisotopic (exact) mass is 582 g/mol. The van der Waals surface area contributed by atoms with Crippen LogP contribution in [0.1, 0.15) is 22.3 Å². The van der Waals surface area contributed by atoms with E-state index in [2.05, 4.69) is 0 Å². The van der Waals surface area contributed by atoms with E-state index in [0.717, 1.165) is 22.3 Å². The summed E-state index contributed by atoms with van der Waals surface area (Å²) in [6.07, 6.45) is 0. The Balaban J connectivity index is 1.47. The molecule has 0 aromatic heterocycles. The molecule has 0 N–H and O–H groups in total. The lowest BCUT2D eigenvalue weighted by Gasteiger charge is -2.21. The summed E-state index contributed by atoms with van der Waals surface area (Å²) in [6, 6.07) is 27.9. The Morgan fingerprint density at radius 1 is 0.400 bits per heavy atom. The van der Waals surface area contributed by atoms with E-state index in [1.807, 2.05) is 76.2 Å². The van der Waals surface area contributed by atoms with E-state index < -0.39 is 15.6 Å². The fraction of sp³-hybridized carbons (Fsp3) is 0.200. The fourth-order valence-corrected chi connectivity index (χ4v) is 5.76. The number of hydrogen-bond donors (Lipinski definition) is 0. The summed E-state index contributed by atoms with van der Waals surface area (Å²) in [5.74, 6) is 1.21. The molecule has 8 nitrogen and oxygen atoms in total. The van der Waals surface area contributed by atoms with Gasteiger partial charge in [-0.05, 0) is 76.2 Å². The summed E-state index contributed by atoms with van der Waals surface area (Å²) in [5, 5.41) is 0. The predicted molar refractivity (Wildman–Crippen MR) is 154 cm³/mol. The molecule has 0 unspecified atom stereocenters. The molecule has 4 aromatic carbocycles. The lowest BCUT2D eigenvalue weighted by molar-refractivity contribution is 0.144. The zero-order valence-corrected chi connectivity index (χ0v) is 24.6. The Labute approximate surface area is 235 Å². The fourth-order valence-electron chi connectivity index (χ4n) is 3.35. The molecule has 4 aromatic rings. The quantitative estimate of drug-likeness (QED) is 0.114. The summed E-state index contributed by atoms with van der Waals surface area (Å²) in [6.45, 7) is 7.11. The normalized spacial score (nSPS) is 11.6. The number of phosphoric acid groups is 2. The third kappa shape index (κ3) is 9.00. The van der Waals surface area contributed by atoms with Crippen LogP contribution >= 0.6 is 15.6 Å². The second-order valence-corrected chi connectivity index (χ2v) is 12.2. The van der Waals surface area contributed by atoms with Crippen molar-refractivity contribution in [3.63, 3.8) is 0 Å². The molecule has 0 aliphatic rings. The van der Waals surface area contributed by atoms with Crippen molar-refractivity contribution < 1.29 is 36.3 Å². The van der Waals surface area contributed by atoms with Gasteiger partial charge in [-0.25, -0.2) is 9.13 Å². The molecule has 0 saturated heterocycles. The molecule has 0 saturated carbocycles. The van der Waals surface area contributed by atoms with Crippen molar-refractivity contribution in [3.05, 3.63) is 119 Å². The van der Waals surface area contributed by atoms with E-state index in [-0.39, 0.29) is 13.2 Å². The number of benzene rings is 4. The van der Waals surface area contributed by atoms with E-state index in [1.165, 1.54) is 0 Å². The van der Waals surface area contributed by atoms with Crippen LogP contribution in [0.25, 0.3) is 0 Å². The maximum absolute atomic E-state index is 13.6. The van der Waals surface area contributed by atoms with Gasteiger partial charge in [0.25, 0.3) is 0 Å². The van der Waals surface area contributed by atoms with Gasteiger partial charge in [-0.3, -0.25) is 9.05 Å². The minimum atomic E-state index is -4.17. The van der Waals surface area contributed by atoms with Crippen molar-refractivity contribution in [2.24, 2.45) is 0 Å². The first-order valence-electron chi connectivity index (χ1n) is 12.6. The van der Waals surface area contributed by atoms with Crippen molar-refractivity contribution in [1.82, 2.24) is 0 Å². The number of rotatable bonds is 13. The Kier molecular flexibility index (Phi) is 9.72. The van der Waals surface area contributed by atoms with Gasteiger partial charge < -0.3 is 18.1 Å². The molecule has 0 heterocycles. The molecule has 0 spiro atoms. The summed E-state index contributed by atoms with van der Waals surface area (Å²) in [5.41, 5.74) is 4.03. The number of aryl methyl sites for hydroxylation is 4. The molecular weight excluding hydrogens is 550 g/mol. The van der Waals surface area contributed by atoms with Crippen LogP contribution in [0, 0.1) is 27.7 Å². The predicted octanol–water partition coefficient (Wildman–Crippen LogP) is 8.79. The molecule has 10 heteroatoms. The molecule has 0 aliphatic carbocycles. The van der Waals surface area contributed by atoms with E-state index in [1.54, 1.807) is 48.5 Å². The minimum absolute atomic E-state index is 0.298. The molecule has 40 heavy (non-hydrogen) atoms. The van der Waals surface area contributed by atoms with Gasteiger partial charge in [-0.15, -0.1) is 0 Å². The van der Waals surface area contributed by atoms with E-state index in [0.29, 0.717) is 23.0 Å². The first kappa shape index (κ1) is 29.4. The van der Waals surface area contributed by atoms with Crippen LogP contribution in [-0.2, 0) is 18.2 Å². The average Bonchev–Trinajstić information content (AvgIpc) is 2.92. The zero-order valence-electron chi connectivity index (χ0n) is 22.8. The second kappa shape index (κ2) is 13.2. The third-order valence-corrected chi connectivity index (χ3v) is 8.27. The Morgan fingerprint density at radius 2 is 0.600 bits per heavy atom. The largest absolute Gasteiger partial charge is 0.587 e. The second-order valence-electron chi connectivity index (χ2n) is 9.18. The molecule has 0 amide bonds. The van der Waals surface area contributed by atoms with Crippen LogP contribution in [-0.4, -0.2) is 13.2 Å². The van der Waals surface area contributed by atoms with Crippen LogP contribution in [0.5, 0.6) is 23.0 Å². The van der Waals surface area contributed by atoms with Crippen molar-refractivity contribution in [3.8, 4) is 23.0 Å². The molecule has 0 radical (unpaired) electrons. The smallest absolute Gasteiger partial charge is 0.395 e. The van der Waals surface area contributed by atoms with Crippen molar-refractivity contribution in [2.75, 3.05) is 13.2 Å². The highest BCUT2D eigenvalue weighted by Gasteiger charge is 2.34. The van der Waals surface area contributed by atoms with Gasteiger partial charge in [-0.1, -0.05) is 70.8 Å². The van der Waals surface area contributed by atoms with E-state index in [4.69, 9.17) is 27.1 Å². The lowest BCUT2D eigenvalue weighted by Crippen LogP contribution is -2.12. The first-order valence-corrected chi connectivity index (χ1v) is 15.6. The number of phosphoric ester groups is 2. The van der Waals surface area contributed by atoms with Crippen LogP contribution < -0.4 is 18.1 Å². The minimum Gasteiger partial charge on any atom is -0.395 e. The highest BCUT2D eigenvalue weighted by Crippen LogP contribution is 2.52. The van der Waals surface area contributed by atoms with Crippen LogP contribution in [0.3, 0.4) is 0 Å². The van der Waals surface area contributed by atoms with Crippen molar-refractivity contribution in [2.45, 2.75) is 27.7 Å². The SMILES string of the molecule is Cc1ccc(OP(=O)(OCCOP(=O)(Oc2ccc(C)cc2)Oc2ccc(C)cc2)Oc2ccc(C)cc2)cc1. The molecule has 0 aliphatic heterocycles. The van der Waals surface area contributed by atoms with Crippen molar-refractivity contribution in [1.29, 1.82) is 0 Å². The van der Waals surface area contributed by atoms with Crippen LogP contribution in [0.2, 0.25) is 0 Å².